The zero-order chi connectivity index (χ0) is 10.1. The summed E-state index contributed by atoms with van der Waals surface area (Å²) in [4.78, 5) is 15.4. The van der Waals surface area contributed by atoms with E-state index in [9.17, 15) is 4.79 Å². The average molecular weight is 190 g/mol. The summed E-state index contributed by atoms with van der Waals surface area (Å²) in [5.74, 6) is 0. The summed E-state index contributed by atoms with van der Waals surface area (Å²) < 4.78 is 4.71. The highest BCUT2D eigenvalue weighted by Gasteiger charge is 2.07. The van der Waals surface area contributed by atoms with Crippen LogP contribution in [0.15, 0.2) is 27.7 Å². The third kappa shape index (κ3) is 1.20. The second kappa shape index (κ2) is 3.23. The van der Waals surface area contributed by atoms with Crippen LogP contribution >= 0.6 is 0 Å². The molecule has 0 amide bonds. The van der Waals surface area contributed by atoms with E-state index in [4.69, 9.17) is 10.2 Å². The molecule has 14 heavy (non-hydrogen) atoms. The van der Waals surface area contributed by atoms with Crippen molar-refractivity contribution in [2.24, 2.45) is 5.73 Å². The molecule has 72 valence electrons. The van der Waals surface area contributed by atoms with Crippen molar-refractivity contribution in [1.29, 1.82) is 0 Å². The molecule has 0 atom stereocenters. The minimum atomic E-state index is -0.359. The van der Waals surface area contributed by atoms with Crippen molar-refractivity contribution in [2.45, 2.75) is 13.5 Å². The number of nitrogens with zero attached hydrogens (tertiary/aromatic N) is 1. The smallest absolute Gasteiger partial charge is 0.346 e. The molecule has 4 heteroatoms. The number of rotatable bonds is 1. The highest BCUT2D eigenvalue weighted by Crippen LogP contribution is 2.16. The molecule has 2 rings (SSSR count). The first-order valence-corrected chi connectivity index (χ1v) is 4.30. The molecule has 0 spiro atoms. The molecule has 0 fully saturated rings. The minimum Gasteiger partial charge on any atom is -0.411 e. The Morgan fingerprint density at radius 3 is 3.00 bits per heavy atom. The zero-order valence-corrected chi connectivity index (χ0v) is 7.78. The van der Waals surface area contributed by atoms with E-state index in [0.29, 0.717) is 17.4 Å². The van der Waals surface area contributed by atoms with Crippen LogP contribution in [0.3, 0.4) is 0 Å². The van der Waals surface area contributed by atoms with Crippen molar-refractivity contribution in [1.82, 2.24) is 4.98 Å². The van der Waals surface area contributed by atoms with Crippen LogP contribution in [0.4, 0.5) is 0 Å². The van der Waals surface area contributed by atoms with Crippen LogP contribution < -0.4 is 11.4 Å². The number of aryl methyl sites for hydroxylation is 1. The summed E-state index contributed by atoms with van der Waals surface area (Å²) in [5.41, 5.74) is 7.63. The Kier molecular flexibility index (Phi) is 2.05. The second-order valence-corrected chi connectivity index (χ2v) is 3.09. The van der Waals surface area contributed by atoms with E-state index in [-0.39, 0.29) is 5.63 Å². The van der Waals surface area contributed by atoms with E-state index in [2.05, 4.69) is 4.98 Å². The summed E-state index contributed by atoms with van der Waals surface area (Å²) in [5, 5.41) is 0.524. The van der Waals surface area contributed by atoms with Crippen molar-refractivity contribution in [3.8, 4) is 0 Å². The number of fused-ring (bicyclic) bond motifs is 1. The van der Waals surface area contributed by atoms with Gasteiger partial charge in [0, 0.05) is 6.54 Å². The maximum absolute atomic E-state index is 11.4. The number of benzene rings is 1. The number of hydrogen-bond acceptors (Lipinski definition) is 4. The van der Waals surface area contributed by atoms with Gasteiger partial charge in [0.25, 0.3) is 0 Å². The SMILES string of the molecule is Cc1c(CN)ccc2ncoc(=O)c12. The zero-order valence-electron chi connectivity index (χ0n) is 7.78. The molecule has 0 aliphatic carbocycles. The summed E-state index contributed by atoms with van der Waals surface area (Å²) in [6.07, 6.45) is 1.16. The van der Waals surface area contributed by atoms with Crippen molar-refractivity contribution in [3.63, 3.8) is 0 Å². The van der Waals surface area contributed by atoms with E-state index in [1.165, 1.54) is 0 Å². The van der Waals surface area contributed by atoms with E-state index < -0.39 is 0 Å². The fourth-order valence-electron chi connectivity index (χ4n) is 1.52. The number of nitrogens with two attached hydrogens (primary N) is 1. The van der Waals surface area contributed by atoms with Crippen molar-refractivity contribution >= 4 is 10.9 Å². The van der Waals surface area contributed by atoms with Gasteiger partial charge in [-0.2, -0.15) is 0 Å². The molecule has 2 aromatic rings. The second-order valence-electron chi connectivity index (χ2n) is 3.09. The molecule has 4 nitrogen and oxygen atoms in total. The van der Waals surface area contributed by atoms with Gasteiger partial charge in [-0.25, -0.2) is 9.78 Å². The van der Waals surface area contributed by atoms with Crippen LogP contribution in [0, 0.1) is 6.92 Å². The predicted octanol–water partition coefficient (Wildman–Crippen LogP) is 0.955. The molecule has 0 saturated carbocycles. The molecule has 2 N–H and O–H groups in total. The van der Waals surface area contributed by atoms with Gasteiger partial charge in [0.2, 0.25) is 0 Å². The van der Waals surface area contributed by atoms with Gasteiger partial charge in [0.1, 0.15) is 0 Å². The Bertz CT molecular complexity index is 531. The Morgan fingerprint density at radius 1 is 1.50 bits per heavy atom. The standard InChI is InChI=1S/C10H10N2O2/c1-6-7(4-11)2-3-8-9(6)10(13)14-5-12-8/h2-3,5H,4,11H2,1H3. The summed E-state index contributed by atoms with van der Waals surface area (Å²) in [6.45, 7) is 2.26. The van der Waals surface area contributed by atoms with Crippen LogP contribution in [0.1, 0.15) is 11.1 Å². The summed E-state index contributed by atoms with van der Waals surface area (Å²) in [6, 6.07) is 3.66. The molecule has 0 bridgehead atoms. The maximum atomic E-state index is 11.4. The fourth-order valence-corrected chi connectivity index (χ4v) is 1.52. The molecule has 0 saturated heterocycles. The van der Waals surface area contributed by atoms with Crippen molar-refractivity contribution < 1.29 is 4.42 Å². The van der Waals surface area contributed by atoms with E-state index in [1.54, 1.807) is 6.07 Å². The van der Waals surface area contributed by atoms with Crippen molar-refractivity contribution in [3.05, 3.63) is 40.1 Å². The lowest BCUT2D eigenvalue weighted by molar-refractivity contribution is 0.501. The van der Waals surface area contributed by atoms with Crippen LogP contribution in [-0.4, -0.2) is 4.98 Å². The predicted molar refractivity (Wildman–Crippen MR) is 52.9 cm³/mol. The molecular weight excluding hydrogens is 180 g/mol. The van der Waals surface area contributed by atoms with Crippen molar-refractivity contribution in [2.75, 3.05) is 0 Å². The molecule has 0 aliphatic rings. The van der Waals surface area contributed by atoms with Gasteiger partial charge in [0.15, 0.2) is 6.39 Å². The van der Waals surface area contributed by atoms with Gasteiger partial charge in [0.05, 0.1) is 10.9 Å². The van der Waals surface area contributed by atoms with Gasteiger partial charge in [-0.3, -0.25) is 0 Å². The Labute approximate surface area is 80.4 Å². The largest absolute Gasteiger partial charge is 0.411 e. The third-order valence-electron chi connectivity index (χ3n) is 2.33. The highest BCUT2D eigenvalue weighted by molar-refractivity contribution is 5.81. The van der Waals surface area contributed by atoms with Crippen LogP contribution in [-0.2, 0) is 6.54 Å². The molecular formula is C10H10N2O2. The molecule has 1 aromatic heterocycles. The molecule has 0 aliphatic heterocycles. The quantitative estimate of drug-likeness (QED) is 0.727. The number of hydrogen-bond donors (Lipinski definition) is 1. The van der Waals surface area contributed by atoms with E-state index in [1.807, 2.05) is 13.0 Å². The minimum absolute atomic E-state index is 0.359. The van der Waals surface area contributed by atoms with Gasteiger partial charge in [-0.15, -0.1) is 0 Å². The van der Waals surface area contributed by atoms with Crippen LogP contribution in [0.2, 0.25) is 0 Å². The van der Waals surface area contributed by atoms with Gasteiger partial charge in [-0.1, -0.05) is 6.07 Å². The van der Waals surface area contributed by atoms with Crippen LogP contribution in [0.25, 0.3) is 10.9 Å². The molecule has 0 radical (unpaired) electrons. The summed E-state index contributed by atoms with van der Waals surface area (Å²) >= 11 is 0. The number of aromatic nitrogens is 1. The van der Waals surface area contributed by atoms with Gasteiger partial charge >= 0.3 is 5.63 Å². The Balaban J connectivity index is 2.94. The van der Waals surface area contributed by atoms with Crippen LogP contribution in [0.5, 0.6) is 0 Å². The van der Waals surface area contributed by atoms with E-state index >= 15 is 0 Å². The first-order chi connectivity index (χ1) is 6.74. The van der Waals surface area contributed by atoms with E-state index in [0.717, 1.165) is 17.5 Å². The monoisotopic (exact) mass is 190 g/mol. The Hall–Kier alpha value is -1.68. The lowest BCUT2D eigenvalue weighted by Gasteiger charge is -2.04. The molecule has 1 aromatic carbocycles. The molecule has 1 heterocycles. The maximum Gasteiger partial charge on any atom is 0.346 e. The van der Waals surface area contributed by atoms with Gasteiger partial charge < -0.3 is 10.2 Å². The fraction of sp³-hybridized carbons (Fsp3) is 0.200. The first-order valence-electron chi connectivity index (χ1n) is 4.30. The van der Waals surface area contributed by atoms with Gasteiger partial charge in [-0.05, 0) is 24.1 Å². The summed E-state index contributed by atoms with van der Waals surface area (Å²) in [7, 11) is 0. The normalized spacial score (nSPS) is 10.7. The molecule has 0 unspecified atom stereocenters. The first kappa shape index (κ1) is 8.90. The third-order valence-corrected chi connectivity index (χ3v) is 2.33. The lowest BCUT2D eigenvalue weighted by Crippen LogP contribution is -2.06. The highest BCUT2D eigenvalue weighted by atomic mass is 16.4. The topological polar surface area (TPSA) is 69.1 Å². The average Bonchev–Trinajstić information content (AvgIpc) is 2.18. The lowest BCUT2D eigenvalue weighted by atomic mass is 10.0. The Morgan fingerprint density at radius 2 is 2.29 bits per heavy atom.